The zero-order chi connectivity index (χ0) is 7.23. The maximum absolute atomic E-state index is 4.08. The molecule has 0 radical (unpaired) electrons. The Morgan fingerprint density at radius 3 is 2.60 bits per heavy atom. The molecule has 54 valence electrons. The summed E-state index contributed by atoms with van der Waals surface area (Å²) < 4.78 is 0. The topological polar surface area (TPSA) is 25.8 Å². The van der Waals surface area contributed by atoms with Gasteiger partial charge in [-0.1, -0.05) is 15.9 Å². The highest BCUT2D eigenvalue weighted by atomic mass is 79.9. The first-order valence-electron chi connectivity index (χ1n) is 3.25. The van der Waals surface area contributed by atoms with Gasteiger partial charge in [-0.2, -0.15) is 0 Å². The maximum Gasteiger partial charge on any atom is 0.128 e. The fourth-order valence-electron chi connectivity index (χ4n) is 0.684. The van der Waals surface area contributed by atoms with E-state index in [0.717, 1.165) is 24.0 Å². The highest BCUT2D eigenvalue weighted by Crippen LogP contribution is 1.95. The SMILES string of the molecule is BrCCCc1ncccn1. The first-order valence-corrected chi connectivity index (χ1v) is 4.37. The zero-order valence-electron chi connectivity index (χ0n) is 5.63. The number of nitrogens with zero attached hydrogens (tertiary/aromatic N) is 2. The average Bonchev–Trinajstić information content (AvgIpc) is 2.03. The number of aromatic nitrogens is 2. The van der Waals surface area contributed by atoms with Crippen molar-refractivity contribution in [3.05, 3.63) is 24.3 Å². The molecule has 0 spiro atoms. The molecule has 0 aliphatic rings. The van der Waals surface area contributed by atoms with Crippen molar-refractivity contribution in [1.82, 2.24) is 9.97 Å². The molecule has 2 nitrogen and oxygen atoms in total. The summed E-state index contributed by atoms with van der Waals surface area (Å²) in [6.45, 7) is 0. The summed E-state index contributed by atoms with van der Waals surface area (Å²) in [4.78, 5) is 8.17. The van der Waals surface area contributed by atoms with Gasteiger partial charge in [-0.25, -0.2) is 9.97 Å². The molecule has 0 atom stereocenters. The van der Waals surface area contributed by atoms with Crippen molar-refractivity contribution < 1.29 is 0 Å². The van der Waals surface area contributed by atoms with Crippen LogP contribution in [0.2, 0.25) is 0 Å². The number of halogens is 1. The molecule has 1 heterocycles. The Kier molecular flexibility index (Phi) is 3.36. The molecule has 0 saturated carbocycles. The number of hydrogen-bond acceptors (Lipinski definition) is 2. The Morgan fingerprint density at radius 2 is 2.00 bits per heavy atom. The number of hydrogen-bond donors (Lipinski definition) is 0. The molecule has 0 aliphatic carbocycles. The monoisotopic (exact) mass is 200 g/mol. The van der Waals surface area contributed by atoms with Gasteiger partial charge in [0, 0.05) is 24.1 Å². The summed E-state index contributed by atoms with van der Waals surface area (Å²) in [5, 5.41) is 1.02. The van der Waals surface area contributed by atoms with Crippen molar-refractivity contribution in [2.75, 3.05) is 5.33 Å². The van der Waals surface area contributed by atoms with E-state index >= 15 is 0 Å². The molecular formula is C7H9BrN2. The molecule has 0 aromatic carbocycles. The number of alkyl halides is 1. The third-order valence-corrected chi connectivity index (χ3v) is 1.71. The van der Waals surface area contributed by atoms with Crippen LogP contribution in [0.4, 0.5) is 0 Å². The van der Waals surface area contributed by atoms with Crippen molar-refractivity contribution >= 4 is 15.9 Å². The number of rotatable bonds is 3. The Hall–Kier alpha value is -0.440. The van der Waals surface area contributed by atoms with Crippen LogP contribution >= 0.6 is 15.9 Å². The normalized spacial score (nSPS) is 9.70. The fraction of sp³-hybridized carbons (Fsp3) is 0.429. The standard InChI is InChI=1S/C7H9BrN2/c8-4-1-3-7-9-5-2-6-10-7/h2,5-6H,1,3-4H2. The van der Waals surface area contributed by atoms with Gasteiger partial charge in [0.25, 0.3) is 0 Å². The third kappa shape index (κ3) is 2.43. The summed E-state index contributed by atoms with van der Waals surface area (Å²) >= 11 is 3.35. The first-order chi connectivity index (χ1) is 4.93. The van der Waals surface area contributed by atoms with E-state index in [1.54, 1.807) is 12.4 Å². The summed E-state index contributed by atoms with van der Waals surface area (Å²) in [6.07, 6.45) is 5.61. The largest absolute Gasteiger partial charge is 0.241 e. The van der Waals surface area contributed by atoms with Crippen LogP contribution in [-0.4, -0.2) is 15.3 Å². The minimum absolute atomic E-state index is 0.932. The van der Waals surface area contributed by atoms with Crippen molar-refractivity contribution in [2.24, 2.45) is 0 Å². The van der Waals surface area contributed by atoms with Crippen LogP contribution in [0.15, 0.2) is 18.5 Å². The molecule has 0 bridgehead atoms. The van der Waals surface area contributed by atoms with Gasteiger partial charge in [-0.15, -0.1) is 0 Å². The van der Waals surface area contributed by atoms with E-state index in [1.165, 1.54) is 0 Å². The predicted octanol–water partition coefficient (Wildman–Crippen LogP) is 1.80. The Morgan fingerprint density at radius 1 is 1.30 bits per heavy atom. The maximum atomic E-state index is 4.08. The minimum Gasteiger partial charge on any atom is -0.241 e. The molecule has 0 fully saturated rings. The molecule has 0 aliphatic heterocycles. The summed E-state index contributed by atoms with van der Waals surface area (Å²) in [5.74, 6) is 0.932. The minimum atomic E-state index is 0.932. The number of aryl methyl sites for hydroxylation is 1. The van der Waals surface area contributed by atoms with Crippen LogP contribution in [0.5, 0.6) is 0 Å². The van der Waals surface area contributed by atoms with Crippen molar-refractivity contribution in [3.63, 3.8) is 0 Å². The molecule has 0 unspecified atom stereocenters. The lowest BCUT2D eigenvalue weighted by atomic mass is 10.3. The van der Waals surface area contributed by atoms with E-state index in [2.05, 4.69) is 25.9 Å². The van der Waals surface area contributed by atoms with Crippen LogP contribution in [0.3, 0.4) is 0 Å². The summed E-state index contributed by atoms with van der Waals surface area (Å²) in [7, 11) is 0. The van der Waals surface area contributed by atoms with Crippen LogP contribution in [0, 0.1) is 0 Å². The summed E-state index contributed by atoms with van der Waals surface area (Å²) in [5.41, 5.74) is 0. The molecule has 1 aromatic heterocycles. The van der Waals surface area contributed by atoms with E-state index in [0.29, 0.717) is 0 Å². The molecule has 10 heavy (non-hydrogen) atoms. The second-order valence-electron chi connectivity index (χ2n) is 1.96. The van der Waals surface area contributed by atoms with Gasteiger partial charge in [0.1, 0.15) is 5.82 Å². The van der Waals surface area contributed by atoms with Crippen LogP contribution in [0.25, 0.3) is 0 Å². The first kappa shape index (κ1) is 7.66. The lowest BCUT2D eigenvalue weighted by Crippen LogP contribution is -1.92. The molecule has 0 amide bonds. The molecule has 0 saturated heterocycles. The van der Waals surface area contributed by atoms with E-state index in [4.69, 9.17) is 0 Å². The smallest absolute Gasteiger partial charge is 0.128 e. The quantitative estimate of drug-likeness (QED) is 0.697. The Balaban J connectivity index is 2.43. The van der Waals surface area contributed by atoms with E-state index in [-0.39, 0.29) is 0 Å². The molecule has 0 N–H and O–H groups in total. The van der Waals surface area contributed by atoms with Gasteiger partial charge in [0.2, 0.25) is 0 Å². The molecule has 3 heteroatoms. The van der Waals surface area contributed by atoms with Crippen LogP contribution in [-0.2, 0) is 6.42 Å². The highest BCUT2D eigenvalue weighted by Gasteiger charge is 1.91. The molecular weight excluding hydrogens is 192 g/mol. The zero-order valence-corrected chi connectivity index (χ0v) is 7.21. The molecule has 1 aromatic rings. The van der Waals surface area contributed by atoms with E-state index in [1.807, 2.05) is 6.07 Å². The second kappa shape index (κ2) is 4.39. The van der Waals surface area contributed by atoms with Gasteiger partial charge in [0.05, 0.1) is 0 Å². The van der Waals surface area contributed by atoms with E-state index < -0.39 is 0 Å². The van der Waals surface area contributed by atoms with Crippen LogP contribution < -0.4 is 0 Å². The van der Waals surface area contributed by atoms with Gasteiger partial charge in [-0.05, 0) is 12.5 Å². The Bertz CT molecular complexity index is 176. The van der Waals surface area contributed by atoms with E-state index in [9.17, 15) is 0 Å². The third-order valence-electron chi connectivity index (χ3n) is 1.15. The molecule has 1 rings (SSSR count). The average molecular weight is 201 g/mol. The predicted molar refractivity (Wildman–Crippen MR) is 44.1 cm³/mol. The van der Waals surface area contributed by atoms with Gasteiger partial charge in [-0.3, -0.25) is 0 Å². The van der Waals surface area contributed by atoms with Gasteiger partial charge < -0.3 is 0 Å². The van der Waals surface area contributed by atoms with Gasteiger partial charge in [0.15, 0.2) is 0 Å². The Labute approximate surface area is 68.8 Å². The fourth-order valence-corrected chi connectivity index (χ4v) is 0.964. The second-order valence-corrected chi connectivity index (χ2v) is 2.75. The van der Waals surface area contributed by atoms with Crippen molar-refractivity contribution in [3.8, 4) is 0 Å². The van der Waals surface area contributed by atoms with Crippen molar-refractivity contribution in [1.29, 1.82) is 0 Å². The van der Waals surface area contributed by atoms with Crippen molar-refractivity contribution in [2.45, 2.75) is 12.8 Å². The van der Waals surface area contributed by atoms with Gasteiger partial charge >= 0.3 is 0 Å². The lowest BCUT2D eigenvalue weighted by Gasteiger charge is -1.93. The lowest BCUT2D eigenvalue weighted by molar-refractivity contribution is 0.844. The van der Waals surface area contributed by atoms with Crippen LogP contribution in [0.1, 0.15) is 12.2 Å². The summed E-state index contributed by atoms with van der Waals surface area (Å²) in [6, 6.07) is 1.83. The highest BCUT2D eigenvalue weighted by molar-refractivity contribution is 9.09.